The van der Waals surface area contributed by atoms with E-state index in [1.165, 1.54) is 10.8 Å². The van der Waals surface area contributed by atoms with Crippen molar-refractivity contribution in [2.24, 2.45) is 0 Å². The normalized spacial score (nSPS) is 20.2. The third-order valence-electron chi connectivity index (χ3n) is 4.22. The molecule has 0 bridgehead atoms. The Morgan fingerprint density at radius 1 is 1.29 bits per heavy atom. The zero-order valence-corrected chi connectivity index (χ0v) is 13.5. The van der Waals surface area contributed by atoms with E-state index in [0.29, 0.717) is 25.1 Å². The van der Waals surface area contributed by atoms with Crippen LogP contribution in [0.25, 0.3) is 0 Å². The number of ether oxygens (including phenoxy) is 1. The third-order valence-corrected chi connectivity index (χ3v) is 4.22. The predicted octanol–water partition coefficient (Wildman–Crippen LogP) is 0.843. The highest BCUT2D eigenvalue weighted by atomic mass is 16.5. The Balaban J connectivity index is 1.87. The van der Waals surface area contributed by atoms with E-state index in [1.807, 2.05) is 30.3 Å². The van der Waals surface area contributed by atoms with Gasteiger partial charge >= 0.3 is 5.69 Å². The molecule has 7 heteroatoms. The summed E-state index contributed by atoms with van der Waals surface area (Å²) < 4.78 is 7.04. The summed E-state index contributed by atoms with van der Waals surface area (Å²) in [6, 6.07) is 9.77. The smallest absolute Gasteiger partial charge is 0.330 e. The first kappa shape index (κ1) is 16.5. The zero-order valence-electron chi connectivity index (χ0n) is 13.5. The molecule has 2 N–H and O–H groups in total. The molecule has 1 aliphatic rings. The summed E-state index contributed by atoms with van der Waals surface area (Å²) in [5.41, 5.74) is 0.538. The van der Waals surface area contributed by atoms with Gasteiger partial charge in [-0.2, -0.15) is 0 Å². The Kier molecular flexibility index (Phi) is 4.82. The van der Waals surface area contributed by atoms with Crippen LogP contribution in [0.4, 0.5) is 5.69 Å². The maximum absolute atomic E-state index is 12.2. The van der Waals surface area contributed by atoms with Crippen molar-refractivity contribution in [3.05, 3.63) is 62.9 Å². The minimum absolute atomic E-state index is 0.0740. The molecule has 0 radical (unpaired) electrons. The Hall–Kier alpha value is -2.38. The van der Waals surface area contributed by atoms with E-state index in [9.17, 15) is 14.7 Å². The van der Waals surface area contributed by atoms with Gasteiger partial charge in [-0.1, -0.05) is 30.3 Å². The third kappa shape index (κ3) is 3.42. The summed E-state index contributed by atoms with van der Waals surface area (Å²) in [7, 11) is 1.80. The topological polar surface area (TPSA) is 87.6 Å². The molecule has 1 aromatic heterocycles. The molecule has 0 unspecified atom stereocenters. The molecular formula is C17H21N3O4. The van der Waals surface area contributed by atoms with Crippen LogP contribution in [0.2, 0.25) is 0 Å². The first-order valence-corrected chi connectivity index (χ1v) is 7.95. The molecule has 0 amide bonds. The molecule has 0 saturated carbocycles. The Labute approximate surface area is 139 Å². The van der Waals surface area contributed by atoms with Gasteiger partial charge in [-0.25, -0.2) is 4.79 Å². The highest BCUT2D eigenvalue weighted by Gasteiger charge is 2.27. The minimum atomic E-state index is -0.500. The monoisotopic (exact) mass is 331 g/mol. The molecule has 1 aliphatic heterocycles. The Bertz CT molecular complexity index is 799. The van der Waals surface area contributed by atoms with Gasteiger partial charge in [-0.3, -0.25) is 14.3 Å². The lowest BCUT2D eigenvalue weighted by molar-refractivity contribution is -0.0245. The van der Waals surface area contributed by atoms with E-state index in [-0.39, 0.29) is 12.7 Å². The summed E-state index contributed by atoms with van der Waals surface area (Å²) in [6.07, 6.45) is 2.12. The fraction of sp³-hybridized carbons (Fsp3) is 0.412. The molecule has 2 aromatic rings. The highest BCUT2D eigenvalue weighted by molar-refractivity contribution is 5.42. The van der Waals surface area contributed by atoms with Crippen LogP contribution < -0.4 is 16.1 Å². The number of benzene rings is 1. The van der Waals surface area contributed by atoms with E-state index < -0.39 is 17.5 Å². The highest BCUT2D eigenvalue weighted by Crippen LogP contribution is 2.27. The van der Waals surface area contributed by atoms with Crippen molar-refractivity contribution in [3.8, 4) is 0 Å². The first-order chi connectivity index (χ1) is 11.6. The molecule has 0 aliphatic carbocycles. The number of H-pyrrole nitrogens is 1. The van der Waals surface area contributed by atoms with Crippen LogP contribution in [0.5, 0.6) is 0 Å². The lowest BCUT2D eigenvalue weighted by Crippen LogP contribution is -2.36. The molecule has 1 fully saturated rings. The van der Waals surface area contributed by atoms with E-state index >= 15 is 0 Å². The molecule has 1 saturated heterocycles. The molecular weight excluding hydrogens is 310 g/mol. The quantitative estimate of drug-likeness (QED) is 0.848. The number of nitrogens with zero attached hydrogens (tertiary/aromatic N) is 2. The van der Waals surface area contributed by atoms with Crippen molar-refractivity contribution in [1.82, 2.24) is 9.55 Å². The molecule has 2 atom stereocenters. The number of aliphatic hydroxyl groups excluding tert-OH is 1. The number of aromatic amines is 1. The zero-order chi connectivity index (χ0) is 17.1. The number of aromatic nitrogens is 2. The maximum atomic E-state index is 12.2. The second-order valence-electron chi connectivity index (χ2n) is 6.00. The standard InChI is InChI=1S/C17H21N3O4/c1-19(9-12-5-3-2-4-6-12)14-10-20(17(23)18-16(14)22)15-8-7-13(11-21)24-15/h2-6,10,13,15,21H,7-9,11H2,1H3,(H,18,22,23)/t13-,15-/m0/s1. The first-order valence-electron chi connectivity index (χ1n) is 7.95. The van der Waals surface area contributed by atoms with Crippen molar-refractivity contribution in [2.45, 2.75) is 31.7 Å². The van der Waals surface area contributed by atoms with Gasteiger partial charge in [0.25, 0.3) is 5.56 Å². The fourth-order valence-electron chi connectivity index (χ4n) is 2.93. The van der Waals surface area contributed by atoms with E-state index in [0.717, 1.165) is 5.56 Å². The van der Waals surface area contributed by atoms with Crippen LogP contribution in [0, 0.1) is 0 Å². The number of aliphatic hydroxyl groups is 1. The van der Waals surface area contributed by atoms with Crippen LogP contribution in [-0.2, 0) is 11.3 Å². The molecule has 7 nitrogen and oxygen atoms in total. The van der Waals surface area contributed by atoms with Crippen LogP contribution in [0.3, 0.4) is 0 Å². The van der Waals surface area contributed by atoms with Crippen molar-refractivity contribution < 1.29 is 9.84 Å². The van der Waals surface area contributed by atoms with Crippen LogP contribution in [0.1, 0.15) is 24.6 Å². The number of hydrogen-bond acceptors (Lipinski definition) is 5. The van der Waals surface area contributed by atoms with Crippen molar-refractivity contribution in [1.29, 1.82) is 0 Å². The lowest BCUT2D eigenvalue weighted by Gasteiger charge is -2.21. The molecule has 128 valence electrons. The molecule has 3 rings (SSSR count). The van der Waals surface area contributed by atoms with Gasteiger partial charge in [-0.05, 0) is 18.4 Å². The van der Waals surface area contributed by atoms with Crippen LogP contribution in [0.15, 0.2) is 46.1 Å². The second-order valence-corrected chi connectivity index (χ2v) is 6.00. The summed E-state index contributed by atoms with van der Waals surface area (Å²) in [5, 5.41) is 9.17. The number of hydrogen-bond donors (Lipinski definition) is 2. The Morgan fingerprint density at radius 3 is 2.71 bits per heavy atom. The van der Waals surface area contributed by atoms with Crippen molar-refractivity contribution in [2.75, 3.05) is 18.6 Å². The van der Waals surface area contributed by atoms with Gasteiger partial charge < -0.3 is 14.7 Å². The maximum Gasteiger partial charge on any atom is 0.330 e. The second kappa shape index (κ2) is 7.02. The van der Waals surface area contributed by atoms with E-state index in [2.05, 4.69) is 4.98 Å². The van der Waals surface area contributed by atoms with Crippen molar-refractivity contribution in [3.63, 3.8) is 0 Å². The average Bonchev–Trinajstić information content (AvgIpc) is 3.04. The molecule has 1 aromatic carbocycles. The van der Waals surface area contributed by atoms with Gasteiger partial charge in [0.05, 0.1) is 12.7 Å². The largest absolute Gasteiger partial charge is 0.394 e. The lowest BCUT2D eigenvalue weighted by atomic mass is 10.2. The number of anilines is 1. The molecule has 0 spiro atoms. The fourth-order valence-corrected chi connectivity index (χ4v) is 2.93. The average molecular weight is 331 g/mol. The van der Waals surface area contributed by atoms with Gasteiger partial charge in [0.2, 0.25) is 0 Å². The van der Waals surface area contributed by atoms with Gasteiger partial charge in [-0.15, -0.1) is 0 Å². The Morgan fingerprint density at radius 2 is 2.04 bits per heavy atom. The number of rotatable bonds is 5. The summed E-state index contributed by atoms with van der Waals surface area (Å²) in [5.74, 6) is 0. The van der Waals surface area contributed by atoms with Crippen LogP contribution in [-0.4, -0.2) is 34.4 Å². The van der Waals surface area contributed by atoms with Gasteiger partial charge in [0, 0.05) is 19.8 Å². The van der Waals surface area contributed by atoms with Gasteiger partial charge in [0.15, 0.2) is 0 Å². The number of nitrogens with one attached hydrogen (secondary N) is 1. The molecule has 2 heterocycles. The van der Waals surface area contributed by atoms with Gasteiger partial charge in [0.1, 0.15) is 11.9 Å². The summed E-state index contributed by atoms with van der Waals surface area (Å²) in [4.78, 5) is 28.4. The predicted molar refractivity (Wildman–Crippen MR) is 90.1 cm³/mol. The molecule has 24 heavy (non-hydrogen) atoms. The van der Waals surface area contributed by atoms with Crippen molar-refractivity contribution >= 4 is 5.69 Å². The SMILES string of the molecule is CN(Cc1ccccc1)c1cn([C@@H]2CC[C@@H](CO)O2)c(=O)[nH]c1=O. The van der Waals surface area contributed by atoms with E-state index in [1.54, 1.807) is 11.9 Å². The van der Waals surface area contributed by atoms with Crippen LogP contribution >= 0.6 is 0 Å². The minimum Gasteiger partial charge on any atom is -0.394 e. The summed E-state index contributed by atoms with van der Waals surface area (Å²) in [6.45, 7) is 0.474. The summed E-state index contributed by atoms with van der Waals surface area (Å²) >= 11 is 0. The van der Waals surface area contributed by atoms with E-state index in [4.69, 9.17) is 4.74 Å².